The summed E-state index contributed by atoms with van der Waals surface area (Å²) in [5.74, 6) is -2.47. The summed E-state index contributed by atoms with van der Waals surface area (Å²) < 4.78 is 21.1. The first-order valence-electron chi connectivity index (χ1n) is 11.4. The number of carbonyl (C=O) groups is 2. The number of aliphatic carboxylic acids is 1. The van der Waals surface area contributed by atoms with Crippen molar-refractivity contribution in [1.29, 1.82) is 0 Å². The van der Waals surface area contributed by atoms with E-state index < -0.39 is 54.4 Å². The maximum Gasteiger partial charge on any atom is 0.511 e. The van der Waals surface area contributed by atoms with Gasteiger partial charge in [-0.1, -0.05) is 11.8 Å². The number of thioether (sulfide) groups is 1. The Balaban J connectivity index is 0.000000263. The molecular formula is C22H28FN3O11S. The van der Waals surface area contributed by atoms with Crippen molar-refractivity contribution in [1.82, 2.24) is 9.88 Å². The first-order chi connectivity index (χ1) is 17.9. The van der Waals surface area contributed by atoms with E-state index in [1.54, 1.807) is 6.07 Å². The predicted molar refractivity (Wildman–Crippen MR) is 131 cm³/mol. The summed E-state index contributed by atoms with van der Waals surface area (Å²) in [6.07, 6.45) is -9.40. The van der Waals surface area contributed by atoms with Crippen molar-refractivity contribution in [2.24, 2.45) is 0 Å². The lowest BCUT2D eigenvalue weighted by Crippen LogP contribution is -2.48. The number of pyridine rings is 1. The first-order valence-corrected chi connectivity index (χ1v) is 12.3. The second-order valence-corrected chi connectivity index (χ2v) is 9.80. The summed E-state index contributed by atoms with van der Waals surface area (Å²) in [4.78, 5) is 35.5. The van der Waals surface area contributed by atoms with Gasteiger partial charge in [0.15, 0.2) is 6.10 Å². The van der Waals surface area contributed by atoms with Crippen LogP contribution in [0.5, 0.6) is 5.75 Å². The van der Waals surface area contributed by atoms with E-state index in [0.717, 1.165) is 13.1 Å². The second kappa shape index (κ2) is 12.2. The molecule has 2 aliphatic rings. The first kappa shape index (κ1) is 29.6. The average molecular weight is 562 g/mol. The molecule has 0 aliphatic carbocycles. The zero-order valence-corrected chi connectivity index (χ0v) is 20.8. The number of ether oxygens (including phenoxy) is 1. The van der Waals surface area contributed by atoms with E-state index in [0.29, 0.717) is 29.3 Å². The minimum Gasteiger partial charge on any atom is -0.479 e. The maximum atomic E-state index is 14.7. The molecule has 4 rings (SSSR count). The van der Waals surface area contributed by atoms with E-state index in [2.05, 4.69) is 10.1 Å². The summed E-state index contributed by atoms with van der Waals surface area (Å²) in [6, 6.07) is 2.87. The molecule has 1 fully saturated rings. The van der Waals surface area contributed by atoms with Crippen LogP contribution in [0, 0.1) is 5.82 Å². The van der Waals surface area contributed by atoms with Gasteiger partial charge in [-0.25, -0.2) is 14.0 Å². The fraction of sp³-hybridized carbons (Fsp3) is 0.500. The number of carboxylic acid groups (broad SMARTS) is 2. The quantitative estimate of drug-likeness (QED) is 0.185. The number of aliphatic hydroxyl groups is 5. The molecule has 2 aromatic rings. The van der Waals surface area contributed by atoms with E-state index in [9.17, 15) is 18.8 Å². The maximum absolute atomic E-state index is 14.7. The molecule has 210 valence electrons. The summed E-state index contributed by atoms with van der Waals surface area (Å²) in [6.45, 7) is 4.00. The standard InChI is InChI=1S/C16H16FN3O4S.C6H12O7/c1-8-20-11-7-12(19-4-2-18-3-5-19)10(17)6-9(11)13(21)14(15(20)25-8)24-16(22)23;7-1-2(8)3(9)4(10)5(11)6(12)13/h6-8,18H,2-5H2,1H3,(H,22,23);2-5,7-11H,1H2,(H,12,13)/t8-;2-,3-,4+,5-/m01/s1. The molecule has 0 unspecified atom stereocenters. The van der Waals surface area contributed by atoms with E-state index >= 15 is 0 Å². The third kappa shape index (κ3) is 6.01. The predicted octanol–water partition coefficient (Wildman–Crippen LogP) is -1.26. The number of hydrogen-bond donors (Lipinski definition) is 8. The molecule has 8 N–H and O–H groups in total. The molecule has 14 nitrogen and oxygen atoms in total. The highest BCUT2D eigenvalue weighted by atomic mass is 32.2. The van der Waals surface area contributed by atoms with Crippen LogP contribution in [-0.2, 0) is 4.79 Å². The molecular weight excluding hydrogens is 533 g/mol. The largest absolute Gasteiger partial charge is 0.511 e. The number of piperazine rings is 1. The van der Waals surface area contributed by atoms with Crippen LogP contribution >= 0.6 is 11.8 Å². The average Bonchev–Trinajstić information content (AvgIpc) is 2.89. The molecule has 2 aliphatic heterocycles. The number of aromatic nitrogens is 1. The van der Waals surface area contributed by atoms with Gasteiger partial charge in [-0.3, -0.25) is 4.79 Å². The van der Waals surface area contributed by atoms with Gasteiger partial charge in [-0.15, -0.1) is 0 Å². The second-order valence-electron chi connectivity index (χ2n) is 8.49. The van der Waals surface area contributed by atoms with Crippen LogP contribution < -0.4 is 20.4 Å². The van der Waals surface area contributed by atoms with Crippen LogP contribution in [0.1, 0.15) is 12.3 Å². The minimum absolute atomic E-state index is 0.00980. The smallest absolute Gasteiger partial charge is 0.479 e. The Hall–Kier alpha value is -2.99. The molecule has 0 bridgehead atoms. The fourth-order valence-electron chi connectivity index (χ4n) is 4.00. The van der Waals surface area contributed by atoms with Crippen molar-refractivity contribution in [2.45, 2.75) is 41.7 Å². The van der Waals surface area contributed by atoms with Gasteiger partial charge >= 0.3 is 12.1 Å². The number of fused-ring (bicyclic) bond motifs is 3. The number of benzene rings is 1. The van der Waals surface area contributed by atoms with Gasteiger partial charge in [0.2, 0.25) is 11.2 Å². The third-order valence-electron chi connectivity index (χ3n) is 5.99. The number of halogens is 1. The monoisotopic (exact) mass is 561 g/mol. The van der Waals surface area contributed by atoms with Gasteiger partial charge in [0, 0.05) is 26.2 Å². The van der Waals surface area contributed by atoms with E-state index in [4.69, 9.17) is 35.7 Å². The van der Waals surface area contributed by atoms with Crippen LogP contribution in [0.15, 0.2) is 22.0 Å². The molecule has 0 spiro atoms. The van der Waals surface area contributed by atoms with Gasteiger partial charge in [0.05, 0.1) is 28.6 Å². The fourth-order valence-corrected chi connectivity index (χ4v) is 5.10. The van der Waals surface area contributed by atoms with Gasteiger partial charge in [-0.05, 0) is 19.1 Å². The molecule has 5 atom stereocenters. The summed E-state index contributed by atoms with van der Waals surface area (Å²) in [5.41, 5.74) is 0.451. The zero-order chi connectivity index (χ0) is 28.3. The number of hydrogen-bond acceptors (Lipinski definition) is 12. The Morgan fingerprint density at radius 2 is 1.79 bits per heavy atom. The summed E-state index contributed by atoms with van der Waals surface area (Å²) >= 11 is 1.35. The highest BCUT2D eigenvalue weighted by molar-refractivity contribution is 8.00. The van der Waals surface area contributed by atoms with Gasteiger partial charge in [-0.2, -0.15) is 0 Å². The van der Waals surface area contributed by atoms with Crippen LogP contribution in [0.3, 0.4) is 0 Å². The van der Waals surface area contributed by atoms with E-state index in [1.807, 2.05) is 16.4 Å². The lowest BCUT2D eigenvalue weighted by Gasteiger charge is -2.34. The highest BCUT2D eigenvalue weighted by Gasteiger charge is 2.34. The number of anilines is 1. The van der Waals surface area contributed by atoms with Crippen molar-refractivity contribution in [3.63, 3.8) is 0 Å². The molecule has 1 aromatic heterocycles. The molecule has 16 heteroatoms. The van der Waals surface area contributed by atoms with Crippen molar-refractivity contribution in [2.75, 3.05) is 37.7 Å². The van der Waals surface area contributed by atoms with Crippen molar-refractivity contribution in [3.05, 3.63) is 28.2 Å². The highest BCUT2D eigenvalue weighted by Crippen LogP contribution is 2.49. The Labute approximate surface area is 218 Å². The molecule has 38 heavy (non-hydrogen) atoms. The van der Waals surface area contributed by atoms with Crippen LogP contribution in [0.2, 0.25) is 0 Å². The number of rotatable bonds is 7. The molecule has 0 radical (unpaired) electrons. The summed E-state index contributed by atoms with van der Waals surface area (Å²) in [5, 5.41) is 64.5. The minimum atomic E-state index is -2.20. The normalized spacial score (nSPS) is 19.8. The number of aliphatic hydroxyl groups excluding tert-OH is 5. The zero-order valence-electron chi connectivity index (χ0n) is 20.0. The Kier molecular flexibility index (Phi) is 9.53. The van der Waals surface area contributed by atoms with Crippen LogP contribution in [0.25, 0.3) is 10.9 Å². The summed E-state index contributed by atoms with van der Waals surface area (Å²) in [7, 11) is 0. The molecule has 0 amide bonds. The number of nitrogens with one attached hydrogen (secondary N) is 1. The lowest BCUT2D eigenvalue weighted by atomic mass is 10.0. The molecule has 1 saturated heterocycles. The van der Waals surface area contributed by atoms with Crippen molar-refractivity contribution in [3.8, 4) is 5.75 Å². The van der Waals surface area contributed by atoms with Gasteiger partial charge in [0.25, 0.3) is 0 Å². The van der Waals surface area contributed by atoms with Crippen LogP contribution in [0.4, 0.5) is 14.9 Å². The van der Waals surface area contributed by atoms with Crippen LogP contribution in [-0.4, -0.2) is 110 Å². The SMILES string of the molecule is C[C@@H]1Sc2c(OC(=O)O)c(=O)c3cc(F)c(N4CCNCC4)cc3n21.O=C(O)[C@H](O)[C@@H](O)[C@H](O)[C@H](O)CO. The lowest BCUT2D eigenvalue weighted by molar-refractivity contribution is -0.164. The van der Waals surface area contributed by atoms with Crippen molar-refractivity contribution >= 4 is 40.5 Å². The Morgan fingerprint density at radius 3 is 2.32 bits per heavy atom. The van der Waals surface area contributed by atoms with E-state index in [1.165, 1.54) is 17.8 Å². The van der Waals surface area contributed by atoms with Crippen molar-refractivity contribution < 1.29 is 54.5 Å². The Morgan fingerprint density at radius 1 is 1.16 bits per heavy atom. The molecule has 1 aromatic carbocycles. The van der Waals surface area contributed by atoms with E-state index in [-0.39, 0.29) is 16.5 Å². The molecule has 0 saturated carbocycles. The van der Waals surface area contributed by atoms with Gasteiger partial charge < -0.3 is 55.3 Å². The molecule has 3 heterocycles. The third-order valence-corrected chi connectivity index (χ3v) is 7.15. The Bertz CT molecular complexity index is 1250. The number of nitrogens with zero attached hydrogens (tertiary/aromatic N) is 2. The topological polar surface area (TPSA) is 222 Å². The van der Waals surface area contributed by atoms with Gasteiger partial charge in [0.1, 0.15) is 29.2 Å². The number of carboxylic acids is 1.